The van der Waals surface area contributed by atoms with Crippen molar-refractivity contribution < 1.29 is 19.3 Å². The minimum Gasteiger partial charge on any atom is -0.389 e. The molecule has 126 valence electrons. The van der Waals surface area contributed by atoms with Crippen molar-refractivity contribution in [2.75, 3.05) is 53.2 Å². The average Bonchev–Trinajstić information content (AvgIpc) is 2.45. The first kappa shape index (κ1) is 18.8. The van der Waals surface area contributed by atoms with E-state index in [-0.39, 0.29) is 0 Å². The van der Waals surface area contributed by atoms with Crippen molar-refractivity contribution in [2.45, 2.75) is 45.1 Å². The monoisotopic (exact) mass is 303 g/mol. The maximum Gasteiger partial charge on any atom is 0.0772 e. The van der Waals surface area contributed by atoms with Crippen LogP contribution in [0.2, 0.25) is 0 Å². The molecule has 0 aromatic carbocycles. The minimum absolute atomic E-state index is 0.387. The lowest BCUT2D eigenvalue weighted by atomic mass is 9.71. The summed E-state index contributed by atoms with van der Waals surface area (Å²) in [5.41, 5.74) is -0.142. The van der Waals surface area contributed by atoms with Crippen molar-refractivity contribution in [1.82, 2.24) is 5.32 Å². The van der Waals surface area contributed by atoms with Gasteiger partial charge in [0, 0.05) is 20.2 Å². The summed E-state index contributed by atoms with van der Waals surface area (Å²) < 4.78 is 15.6. The Balaban J connectivity index is 1.92. The quantitative estimate of drug-likeness (QED) is 0.568. The van der Waals surface area contributed by atoms with E-state index in [9.17, 15) is 5.11 Å². The van der Waals surface area contributed by atoms with E-state index >= 15 is 0 Å². The molecule has 0 atom stereocenters. The minimum atomic E-state index is -0.529. The van der Waals surface area contributed by atoms with Crippen molar-refractivity contribution >= 4 is 0 Å². The van der Waals surface area contributed by atoms with Gasteiger partial charge in [-0.25, -0.2) is 0 Å². The molecule has 1 rings (SSSR count). The highest BCUT2D eigenvalue weighted by Crippen LogP contribution is 2.39. The largest absolute Gasteiger partial charge is 0.389 e. The van der Waals surface area contributed by atoms with Crippen molar-refractivity contribution in [2.24, 2.45) is 5.41 Å². The summed E-state index contributed by atoms with van der Waals surface area (Å²) in [4.78, 5) is 0. The third kappa shape index (κ3) is 8.73. The Labute approximate surface area is 129 Å². The molecule has 0 heterocycles. The maximum absolute atomic E-state index is 10.5. The fourth-order valence-corrected chi connectivity index (χ4v) is 2.50. The molecular weight excluding hydrogens is 270 g/mol. The summed E-state index contributed by atoms with van der Waals surface area (Å²) in [6, 6.07) is 0. The van der Waals surface area contributed by atoms with Crippen LogP contribution >= 0.6 is 0 Å². The van der Waals surface area contributed by atoms with Crippen molar-refractivity contribution in [3.63, 3.8) is 0 Å². The van der Waals surface area contributed by atoms with Crippen LogP contribution in [0.25, 0.3) is 0 Å². The molecule has 1 fully saturated rings. The van der Waals surface area contributed by atoms with Crippen LogP contribution in [0.5, 0.6) is 0 Å². The molecule has 1 aliphatic rings. The number of hydrogen-bond donors (Lipinski definition) is 2. The van der Waals surface area contributed by atoms with Gasteiger partial charge in [0.2, 0.25) is 0 Å². The van der Waals surface area contributed by atoms with E-state index in [0.29, 0.717) is 45.0 Å². The molecule has 0 spiro atoms. The summed E-state index contributed by atoms with van der Waals surface area (Å²) in [5.74, 6) is 0. The molecule has 5 nitrogen and oxygen atoms in total. The second kappa shape index (κ2) is 9.74. The molecule has 0 radical (unpaired) electrons. The van der Waals surface area contributed by atoms with Gasteiger partial charge in [0.05, 0.1) is 38.6 Å². The molecule has 2 N–H and O–H groups in total. The molecule has 0 unspecified atom stereocenters. The Bertz CT molecular complexity index is 261. The highest BCUT2D eigenvalue weighted by atomic mass is 16.5. The third-order valence-electron chi connectivity index (χ3n) is 4.22. The molecular formula is C16H33NO4. The third-order valence-corrected chi connectivity index (χ3v) is 4.22. The zero-order valence-electron chi connectivity index (χ0n) is 14.0. The highest BCUT2D eigenvalue weighted by Gasteiger charge is 2.36. The molecule has 1 aliphatic carbocycles. The van der Waals surface area contributed by atoms with E-state index in [1.807, 2.05) is 0 Å². The van der Waals surface area contributed by atoms with E-state index in [1.165, 1.54) is 0 Å². The van der Waals surface area contributed by atoms with Crippen LogP contribution in [0.15, 0.2) is 0 Å². The SMILES string of the molecule is COCCOCCOCCNCC1(O)CCC(C)(C)CC1. The second-order valence-corrected chi connectivity index (χ2v) is 6.78. The van der Waals surface area contributed by atoms with Crippen LogP contribution in [0.4, 0.5) is 0 Å². The van der Waals surface area contributed by atoms with Gasteiger partial charge < -0.3 is 24.6 Å². The summed E-state index contributed by atoms with van der Waals surface area (Å²) in [5, 5.41) is 13.8. The lowest BCUT2D eigenvalue weighted by Gasteiger charge is -2.40. The maximum atomic E-state index is 10.5. The lowest BCUT2D eigenvalue weighted by Crippen LogP contribution is -2.45. The Kier molecular flexibility index (Phi) is 8.74. The Morgan fingerprint density at radius 1 is 0.905 bits per heavy atom. The molecule has 0 bridgehead atoms. The van der Waals surface area contributed by atoms with Crippen molar-refractivity contribution in [3.05, 3.63) is 0 Å². The van der Waals surface area contributed by atoms with Gasteiger partial charge in [-0.15, -0.1) is 0 Å². The average molecular weight is 303 g/mol. The van der Waals surface area contributed by atoms with Gasteiger partial charge in [-0.05, 0) is 31.1 Å². The number of ether oxygens (including phenoxy) is 3. The van der Waals surface area contributed by atoms with E-state index in [0.717, 1.165) is 32.2 Å². The van der Waals surface area contributed by atoms with E-state index in [2.05, 4.69) is 19.2 Å². The second-order valence-electron chi connectivity index (χ2n) is 6.78. The first-order valence-corrected chi connectivity index (χ1v) is 8.05. The summed E-state index contributed by atoms with van der Waals surface area (Å²) in [6.45, 7) is 9.07. The zero-order chi connectivity index (χ0) is 15.6. The predicted octanol–water partition coefficient (Wildman–Crippen LogP) is 1.59. The van der Waals surface area contributed by atoms with E-state index < -0.39 is 5.60 Å². The molecule has 0 aromatic rings. The summed E-state index contributed by atoms with van der Waals surface area (Å²) in [7, 11) is 1.66. The smallest absolute Gasteiger partial charge is 0.0772 e. The summed E-state index contributed by atoms with van der Waals surface area (Å²) >= 11 is 0. The van der Waals surface area contributed by atoms with Crippen LogP contribution in [0.1, 0.15) is 39.5 Å². The topological polar surface area (TPSA) is 60.0 Å². The van der Waals surface area contributed by atoms with Gasteiger partial charge in [0.25, 0.3) is 0 Å². The molecule has 0 aliphatic heterocycles. The van der Waals surface area contributed by atoms with Crippen LogP contribution in [0.3, 0.4) is 0 Å². The normalized spacial score (nSPS) is 20.6. The number of nitrogens with one attached hydrogen (secondary N) is 1. The zero-order valence-corrected chi connectivity index (χ0v) is 14.0. The van der Waals surface area contributed by atoms with Gasteiger partial charge in [0.1, 0.15) is 0 Å². The van der Waals surface area contributed by atoms with E-state index in [1.54, 1.807) is 7.11 Å². The Morgan fingerprint density at radius 3 is 2.10 bits per heavy atom. The van der Waals surface area contributed by atoms with Crippen LogP contribution < -0.4 is 5.32 Å². The first-order chi connectivity index (χ1) is 9.97. The van der Waals surface area contributed by atoms with Gasteiger partial charge in [-0.3, -0.25) is 0 Å². The number of methoxy groups -OCH3 is 1. The number of hydrogen-bond acceptors (Lipinski definition) is 5. The van der Waals surface area contributed by atoms with Gasteiger partial charge in [-0.2, -0.15) is 0 Å². The van der Waals surface area contributed by atoms with E-state index in [4.69, 9.17) is 14.2 Å². The Hall–Kier alpha value is -0.200. The predicted molar refractivity (Wildman–Crippen MR) is 83.6 cm³/mol. The lowest BCUT2D eigenvalue weighted by molar-refractivity contribution is -0.0258. The summed E-state index contributed by atoms with van der Waals surface area (Å²) in [6.07, 6.45) is 3.98. The number of aliphatic hydroxyl groups is 1. The van der Waals surface area contributed by atoms with Crippen molar-refractivity contribution in [3.8, 4) is 0 Å². The molecule has 1 saturated carbocycles. The fourth-order valence-electron chi connectivity index (χ4n) is 2.50. The van der Waals surface area contributed by atoms with Gasteiger partial charge in [0.15, 0.2) is 0 Å². The number of rotatable bonds is 11. The molecule has 0 aromatic heterocycles. The van der Waals surface area contributed by atoms with Crippen LogP contribution in [0, 0.1) is 5.41 Å². The van der Waals surface area contributed by atoms with Gasteiger partial charge >= 0.3 is 0 Å². The molecule has 0 saturated heterocycles. The molecule has 0 amide bonds. The standard InChI is InChI=1S/C16H33NO4/c1-15(2)4-6-16(18,7-5-15)14-17-8-9-20-12-13-21-11-10-19-3/h17-18H,4-14H2,1-3H3. The van der Waals surface area contributed by atoms with Gasteiger partial charge in [-0.1, -0.05) is 13.8 Å². The highest BCUT2D eigenvalue weighted by molar-refractivity contribution is 4.90. The van der Waals surface area contributed by atoms with Crippen LogP contribution in [-0.4, -0.2) is 63.9 Å². The first-order valence-electron chi connectivity index (χ1n) is 8.05. The van der Waals surface area contributed by atoms with Crippen molar-refractivity contribution in [1.29, 1.82) is 0 Å². The fraction of sp³-hybridized carbons (Fsp3) is 1.00. The molecule has 21 heavy (non-hydrogen) atoms. The molecule has 5 heteroatoms. The Morgan fingerprint density at radius 2 is 1.48 bits per heavy atom. The van der Waals surface area contributed by atoms with Crippen LogP contribution in [-0.2, 0) is 14.2 Å².